The lowest BCUT2D eigenvalue weighted by molar-refractivity contribution is 0.0305. The standard InChI is InChI=1S/C6H8N2O2/c9-5-2-8-3-7-1-4(8)6(5)10/h1,3,5-6,9-10H,2H2/t5-,6-/m1/s1. The number of aromatic nitrogens is 2. The minimum absolute atomic E-state index is 0.455. The Balaban J connectivity index is 2.43. The fourth-order valence-electron chi connectivity index (χ4n) is 1.23. The lowest BCUT2D eigenvalue weighted by Crippen LogP contribution is -2.12. The van der Waals surface area contributed by atoms with Crippen LogP contribution in [0.1, 0.15) is 11.8 Å². The predicted molar refractivity (Wildman–Crippen MR) is 33.2 cm³/mol. The SMILES string of the molecule is O[C@@H]1Cn2cncc2[C@H]1O. The number of aliphatic hydroxyl groups is 2. The Morgan fingerprint density at radius 1 is 1.60 bits per heavy atom. The molecule has 1 aromatic rings. The molecule has 0 amide bonds. The molecule has 4 heteroatoms. The third kappa shape index (κ3) is 0.600. The molecule has 2 heterocycles. The van der Waals surface area contributed by atoms with Gasteiger partial charge in [-0.05, 0) is 0 Å². The van der Waals surface area contributed by atoms with Crippen molar-refractivity contribution in [3.8, 4) is 0 Å². The van der Waals surface area contributed by atoms with Crippen LogP contribution in [0.15, 0.2) is 12.5 Å². The first kappa shape index (κ1) is 5.88. The quantitative estimate of drug-likeness (QED) is 0.500. The molecule has 2 atom stereocenters. The zero-order chi connectivity index (χ0) is 7.14. The van der Waals surface area contributed by atoms with E-state index in [1.54, 1.807) is 17.1 Å². The molecule has 0 bridgehead atoms. The van der Waals surface area contributed by atoms with Crippen molar-refractivity contribution >= 4 is 0 Å². The molecule has 0 fully saturated rings. The number of hydrogen-bond donors (Lipinski definition) is 2. The van der Waals surface area contributed by atoms with Gasteiger partial charge in [0.1, 0.15) is 12.2 Å². The van der Waals surface area contributed by atoms with Gasteiger partial charge in [0.05, 0.1) is 24.8 Å². The van der Waals surface area contributed by atoms with Crippen LogP contribution in [0.5, 0.6) is 0 Å². The maximum Gasteiger partial charge on any atom is 0.123 e. The summed E-state index contributed by atoms with van der Waals surface area (Å²) in [5.74, 6) is 0. The average Bonchev–Trinajstić information content (AvgIpc) is 2.41. The van der Waals surface area contributed by atoms with E-state index in [2.05, 4.69) is 4.98 Å². The molecule has 10 heavy (non-hydrogen) atoms. The lowest BCUT2D eigenvalue weighted by atomic mass is 10.2. The van der Waals surface area contributed by atoms with Crippen molar-refractivity contribution in [3.63, 3.8) is 0 Å². The van der Waals surface area contributed by atoms with E-state index in [4.69, 9.17) is 5.11 Å². The summed E-state index contributed by atoms with van der Waals surface area (Å²) in [6, 6.07) is 0. The molecule has 0 radical (unpaired) electrons. The Morgan fingerprint density at radius 2 is 2.40 bits per heavy atom. The summed E-state index contributed by atoms with van der Waals surface area (Å²) in [4.78, 5) is 3.82. The highest BCUT2D eigenvalue weighted by molar-refractivity contribution is 5.09. The summed E-state index contributed by atoms with van der Waals surface area (Å²) in [5, 5.41) is 18.3. The second kappa shape index (κ2) is 1.81. The van der Waals surface area contributed by atoms with Crippen LogP contribution in [-0.4, -0.2) is 25.9 Å². The number of rotatable bonds is 0. The van der Waals surface area contributed by atoms with Crippen LogP contribution in [0, 0.1) is 0 Å². The molecule has 0 aromatic carbocycles. The first-order valence-electron chi connectivity index (χ1n) is 3.15. The number of hydrogen-bond acceptors (Lipinski definition) is 3. The summed E-state index contributed by atoms with van der Waals surface area (Å²) in [5.41, 5.74) is 0.701. The minimum Gasteiger partial charge on any atom is -0.388 e. The van der Waals surface area contributed by atoms with Gasteiger partial charge in [0.15, 0.2) is 0 Å². The predicted octanol–water partition coefficient (Wildman–Crippen LogP) is -0.709. The molecule has 0 saturated heterocycles. The van der Waals surface area contributed by atoms with Gasteiger partial charge < -0.3 is 14.8 Å². The van der Waals surface area contributed by atoms with Crippen LogP contribution in [0.4, 0.5) is 0 Å². The van der Waals surface area contributed by atoms with E-state index in [1.807, 2.05) is 0 Å². The highest BCUT2D eigenvalue weighted by Crippen LogP contribution is 2.24. The number of imidazole rings is 1. The van der Waals surface area contributed by atoms with Gasteiger partial charge in [0, 0.05) is 0 Å². The van der Waals surface area contributed by atoms with Crippen LogP contribution in [-0.2, 0) is 6.54 Å². The molecular weight excluding hydrogens is 132 g/mol. The van der Waals surface area contributed by atoms with Crippen LogP contribution in [0.3, 0.4) is 0 Å². The molecule has 1 aliphatic heterocycles. The summed E-state index contributed by atoms with van der Waals surface area (Å²) in [6.45, 7) is 0.455. The Bertz CT molecular complexity index is 246. The van der Waals surface area contributed by atoms with E-state index in [9.17, 15) is 5.11 Å². The maximum atomic E-state index is 9.23. The zero-order valence-electron chi connectivity index (χ0n) is 5.31. The van der Waals surface area contributed by atoms with Crippen LogP contribution in [0.2, 0.25) is 0 Å². The summed E-state index contributed by atoms with van der Waals surface area (Å²) >= 11 is 0. The lowest BCUT2D eigenvalue weighted by Gasteiger charge is -2.03. The van der Waals surface area contributed by atoms with Gasteiger partial charge in [-0.25, -0.2) is 4.98 Å². The normalized spacial score (nSPS) is 30.6. The second-order valence-corrected chi connectivity index (χ2v) is 2.48. The Kier molecular flexibility index (Phi) is 1.06. The monoisotopic (exact) mass is 140 g/mol. The van der Waals surface area contributed by atoms with Gasteiger partial charge in [0.25, 0.3) is 0 Å². The highest BCUT2D eigenvalue weighted by atomic mass is 16.3. The van der Waals surface area contributed by atoms with Gasteiger partial charge in [-0.15, -0.1) is 0 Å². The van der Waals surface area contributed by atoms with Crippen molar-refractivity contribution in [1.29, 1.82) is 0 Å². The van der Waals surface area contributed by atoms with Crippen molar-refractivity contribution in [2.75, 3.05) is 0 Å². The highest BCUT2D eigenvalue weighted by Gasteiger charge is 2.28. The Labute approximate surface area is 57.7 Å². The van der Waals surface area contributed by atoms with E-state index in [0.29, 0.717) is 12.2 Å². The Morgan fingerprint density at radius 3 is 3.10 bits per heavy atom. The number of aliphatic hydroxyl groups excluding tert-OH is 2. The van der Waals surface area contributed by atoms with Gasteiger partial charge >= 0.3 is 0 Å². The zero-order valence-corrected chi connectivity index (χ0v) is 5.31. The van der Waals surface area contributed by atoms with E-state index in [0.717, 1.165) is 0 Å². The van der Waals surface area contributed by atoms with Crippen molar-refractivity contribution in [2.45, 2.75) is 18.8 Å². The Hall–Kier alpha value is -0.870. The van der Waals surface area contributed by atoms with Gasteiger partial charge in [0.2, 0.25) is 0 Å². The molecule has 2 rings (SSSR count). The molecule has 1 aromatic heterocycles. The summed E-state index contributed by atoms with van der Waals surface area (Å²) in [6.07, 6.45) is 1.77. The topological polar surface area (TPSA) is 58.3 Å². The summed E-state index contributed by atoms with van der Waals surface area (Å²) in [7, 11) is 0. The van der Waals surface area contributed by atoms with Crippen molar-refractivity contribution in [2.24, 2.45) is 0 Å². The van der Waals surface area contributed by atoms with Crippen LogP contribution in [0.25, 0.3) is 0 Å². The van der Waals surface area contributed by atoms with E-state index < -0.39 is 12.2 Å². The maximum absolute atomic E-state index is 9.23. The van der Waals surface area contributed by atoms with Gasteiger partial charge in [-0.1, -0.05) is 0 Å². The average molecular weight is 140 g/mol. The second-order valence-electron chi connectivity index (χ2n) is 2.48. The minimum atomic E-state index is -0.748. The molecule has 0 unspecified atom stereocenters. The van der Waals surface area contributed by atoms with E-state index in [1.165, 1.54) is 0 Å². The molecular formula is C6H8N2O2. The van der Waals surface area contributed by atoms with Crippen molar-refractivity contribution in [1.82, 2.24) is 9.55 Å². The fraction of sp³-hybridized carbons (Fsp3) is 0.500. The largest absolute Gasteiger partial charge is 0.388 e. The van der Waals surface area contributed by atoms with Gasteiger partial charge in [-0.3, -0.25) is 0 Å². The van der Waals surface area contributed by atoms with E-state index >= 15 is 0 Å². The number of nitrogens with zero attached hydrogens (tertiary/aromatic N) is 2. The smallest absolute Gasteiger partial charge is 0.123 e. The molecule has 1 aliphatic rings. The fourth-order valence-corrected chi connectivity index (χ4v) is 1.23. The number of fused-ring (bicyclic) bond motifs is 1. The third-order valence-corrected chi connectivity index (χ3v) is 1.80. The third-order valence-electron chi connectivity index (χ3n) is 1.80. The molecule has 54 valence electrons. The van der Waals surface area contributed by atoms with Crippen LogP contribution < -0.4 is 0 Å². The van der Waals surface area contributed by atoms with E-state index in [-0.39, 0.29) is 0 Å². The molecule has 0 saturated carbocycles. The molecule has 0 aliphatic carbocycles. The summed E-state index contributed by atoms with van der Waals surface area (Å²) < 4.78 is 1.75. The first-order chi connectivity index (χ1) is 4.79. The van der Waals surface area contributed by atoms with Crippen molar-refractivity contribution in [3.05, 3.63) is 18.2 Å². The van der Waals surface area contributed by atoms with Crippen molar-refractivity contribution < 1.29 is 10.2 Å². The molecule has 4 nitrogen and oxygen atoms in total. The van der Waals surface area contributed by atoms with Gasteiger partial charge in [-0.2, -0.15) is 0 Å². The first-order valence-corrected chi connectivity index (χ1v) is 3.15. The molecule has 2 N–H and O–H groups in total. The van der Waals surface area contributed by atoms with Crippen LogP contribution >= 0.6 is 0 Å². The molecule has 0 spiro atoms.